The molecule has 1 heterocycles. The van der Waals surface area contributed by atoms with E-state index in [-0.39, 0.29) is 6.04 Å². The molecule has 1 aliphatic rings. The topological polar surface area (TPSA) is 42.3 Å². The first kappa shape index (κ1) is 19.9. The fourth-order valence-electron chi connectivity index (χ4n) is 3.78. The highest BCUT2D eigenvalue weighted by Crippen LogP contribution is 2.23. The van der Waals surface area contributed by atoms with Crippen LogP contribution in [0, 0.1) is 11.3 Å². The standard InChI is InChI=1S/C25H24N4S/c26-19-20-11-13-23(14-12-20)28-15-17-29(18-16-28)25(30)27-24(21-7-3-1-4-8-21)22-9-5-2-6-10-22/h1-14,24H,15-18H2,(H,27,30). The zero-order valence-electron chi connectivity index (χ0n) is 16.7. The molecule has 0 atom stereocenters. The van der Waals surface area contributed by atoms with Gasteiger partial charge in [0.15, 0.2) is 5.11 Å². The highest BCUT2D eigenvalue weighted by atomic mass is 32.1. The number of piperazine rings is 1. The van der Waals surface area contributed by atoms with Gasteiger partial charge in [-0.25, -0.2) is 0 Å². The van der Waals surface area contributed by atoms with Crippen LogP contribution in [0.4, 0.5) is 5.69 Å². The first-order chi connectivity index (χ1) is 14.7. The predicted molar refractivity (Wildman–Crippen MR) is 125 cm³/mol. The van der Waals surface area contributed by atoms with Crippen LogP contribution in [-0.4, -0.2) is 36.2 Å². The van der Waals surface area contributed by atoms with Crippen molar-refractivity contribution in [3.05, 3.63) is 102 Å². The van der Waals surface area contributed by atoms with Crippen molar-refractivity contribution in [3.8, 4) is 6.07 Å². The Morgan fingerprint density at radius 1 is 0.800 bits per heavy atom. The normalized spacial score (nSPS) is 13.7. The third-order valence-electron chi connectivity index (χ3n) is 5.46. The minimum absolute atomic E-state index is 0.0245. The summed E-state index contributed by atoms with van der Waals surface area (Å²) >= 11 is 5.80. The molecule has 0 amide bonds. The van der Waals surface area contributed by atoms with E-state index in [1.165, 1.54) is 11.1 Å². The van der Waals surface area contributed by atoms with Gasteiger partial charge in [0, 0.05) is 31.9 Å². The Morgan fingerprint density at radius 2 is 1.33 bits per heavy atom. The number of hydrogen-bond acceptors (Lipinski definition) is 3. The number of hydrogen-bond donors (Lipinski definition) is 1. The van der Waals surface area contributed by atoms with Crippen LogP contribution in [0.2, 0.25) is 0 Å². The number of rotatable bonds is 4. The number of benzene rings is 3. The Hall–Kier alpha value is -3.36. The molecule has 0 unspecified atom stereocenters. The third kappa shape index (κ3) is 4.61. The van der Waals surface area contributed by atoms with Crippen molar-refractivity contribution in [1.29, 1.82) is 5.26 Å². The maximum absolute atomic E-state index is 8.98. The van der Waals surface area contributed by atoms with Gasteiger partial charge in [-0.15, -0.1) is 0 Å². The first-order valence-electron chi connectivity index (χ1n) is 10.1. The van der Waals surface area contributed by atoms with Crippen molar-refractivity contribution in [2.45, 2.75) is 6.04 Å². The van der Waals surface area contributed by atoms with Crippen LogP contribution in [0.1, 0.15) is 22.7 Å². The second-order valence-corrected chi connectivity index (χ2v) is 7.72. The van der Waals surface area contributed by atoms with Crippen molar-refractivity contribution in [2.75, 3.05) is 31.1 Å². The molecule has 1 N–H and O–H groups in total. The lowest BCUT2D eigenvalue weighted by atomic mass is 9.99. The van der Waals surface area contributed by atoms with Gasteiger partial charge in [0.1, 0.15) is 0 Å². The minimum atomic E-state index is 0.0245. The molecule has 3 aromatic rings. The number of anilines is 1. The zero-order valence-corrected chi connectivity index (χ0v) is 17.6. The molecule has 3 aromatic carbocycles. The van der Waals surface area contributed by atoms with Gasteiger partial charge in [0.2, 0.25) is 0 Å². The van der Waals surface area contributed by atoms with Gasteiger partial charge in [0.25, 0.3) is 0 Å². The summed E-state index contributed by atoms with van der Waals surface area (Å²) in [6, 6.07) is 30.8. The molecule has 30 heavy (non-hydrogen) atoms. The molecule has 4 nitrogen and oxygen atoms in total. The maximum Gasteiger partial charge on any atom is 0.169 e. The Kier molecular flexibility index (Phi) is 6.26. The average Bonchev–Trinajstić information content (AvgIpc) is 2.83. The summed E-state index contributed by atoms with van der Waals surface area (Å²) in [7, 11) is 0. The van der Waals surface area contributed by atoms with Crippen LogP contribution < -0.4 is 10.2 Å². The minimum Gasteiger partial charge on any atom is -0.368 e. The largest absolute Gasteiger partial charge is 0.368 e. The summed E-state index contributed by atoms with van der Waals surface area (Å²) in [6.07, 6.45) is 0. The molecule has 0 radical (unpaired) electrons. The summed E-state index contributed by atoms with van der Waals surface area (Å²) in [5, 5.41) is 13.4. The number of nitriles is 1. The van der Waals surface area contributed by atoms with Gasteiger partial charge >= 0.3 is 0 Å². The molecule has 4 rings (SSSR count). The number of thiocarbonyl (C=S) groups is 1. The second kappa shape index (κ2) is 9.43. The van der Waals surface area contributed by atoms with Crippen LogP contribution in [0.25, 0.3) is 0 Å². The lowest BCUT2D eigenvalue weighted by Gasteiger charge is -2.38. The van der Waals surface area contributed by atoms with E-state index in [4.69, 9.17) is 17.5 Å². The van der Waals surface area contributed by atoms with E-state index in [0.717, 1.165) is 37.0 Å². The van der Waals surface area contributed by atoms with Gasteiger partial charge in [-0.05, 0) is 47.6 Å². The van der Waals surface area contributed by atoms with Crippen LogP contribution in [-0.2, 0) is 0 Å². The summed E-state index contributed by atoms with van der Waals surface area (Å²) in [5.41, 5.74) is 4.24. The molecule has 1 aliphatic heterocycles. The van der Waals surface area contributed by atoms with Gasteiger partial charge in [-0.2, -0.15) is 5.26 Å². The van der Waals surface area contributed by atoms with Crippen molar-refractivity contribution < 1.29 is 0 Å². The Labute approximate surface area is 183 Å². The van der Waals surface area contributed by atoms with Crippen LogP contribution in [0.15, 0.2) is 84.9 Å². The van der Waals surface area contributed by atoms with Gasteiger partial charge in [0.05, 0.1) is 17.7 Å². The molecule has 0 aromatic heterocycles. The van der Waals surface area contributed by atoms with E-state index in [0.29, 0.717) is 5.56 Å². The van der Waals surface area contributed by atoms with Crippen molar-refractivity contribution in [1.82, 2.24) is 10.2 Å². The van der Waals surface area contributed by atoms with Crippen molar-refractivity contribution in [2.24, 2.45) is 0 Å². The lowest BCUT2D eigenvalue weighted by Crippen LogP contribution is -2.52. The van der Waals surface area contributed by atoms with Crippen molar-refractivity contribution >= 4 is 23.0 Å². The molecular formula is C25H24N4S. The molecule has 0 spiro atoms. The maximum atomic E-state index is 8.98. The molecule has 1 fully saturated rings. The van der Waals surface area contributed by atoms with E-state index >= 15 is 0 Å². The fraction of sp³-hybridized carbons (Fsp3) is 0.200. The molecule has 150 valence electrons. The molecule has 0 aliphatic carbocycles. The van der Waals surface area contributed by atoms with E-state index in [1.807, 2.05) is 36.4 Å². The smallest absolute Gasteiger partial charge is 0.169 e. The monoisotopic (exact) mass is 412 g/mol. The number of nitrogens with zero attached hydrogens (tertiary/aromatic N) is 3. The van der Waals surface area contributed by atoms with Gasteiger partial charge < -0.3 is 15.1 Å². The fourth-order valence-corrected chi connectivity index (χ4v) is 4.08. The van der Waals surface area contributed by atoms with Gasteiger partial charge in [-0.1, -0.05) is 60.7 Å². The van der Waals surface area contributed by atoms with Crippen LogP contribution in [0.3, 0.4) is 0 Å². The summed E-state index contributed by atoms with van der Waals surface area (Å²) in [4.78, 5) is 4.58. The predicted octanol–water partition coefficient (Wildman–Crippen LogP) is 4.34. The summed E-state index contributed by atoms with van der Waals surface area (Å²) in [6.45, 7) is 3.52. The first-order valence-corrected chi connectivity index (χ1v) is 10.6. The van der Waals surface area contributed by atoms with Crippen LogP contribution >= 0.6 is 12.2 Å². The highest BCUT2D eigenvalue weighted by molar-refractivity contribution is 7.80. The van der Waals surface area contributed by atoms with E-state index in [1.54, 1.807) is 0 Å². The Bertz CT molecular complexity index is 965. The molecule has 0 bridgehead atoms. The van der Waals surface area contributed by atoms with Gasteiger partial charge in [-0.3, -0.25) is 0 Å². The van der Waals surface area contributed by atoms with E-state index in [9.17, 15) is 0 Å². The third-order valence-corrected chi connectivity index (χ3v) is 5.84. The van der Waals surface area contributed by atoms with Crippen molar-refractivity contribution in [3.63, 3.8) is 0 Å². The molecule has 0 saturated carbocycles. The zero-order chi connectivity index (χ0) is 20.8. The highest BCUT2D eigenvalue weighted by Gasteiger charge is 2.22. The summed E-state index contributed by atoms with van der Waals surface area (Å²) in [5.74, 6) is 0. The SMILES string of the molecule is N#Cc1ccc(N2CCN(C(=S)NC(c3ccccc3)c3ccccc3)CC2)cc1. The molecule has 1 saturated heterocycles. The Balaban J connectivity index is 1.42. The molecule has 5 heteroatoms. The number of nitrogens with one attached hydrogen (secondary N) is 1. The van der Waals surface area contributed by atoms with E-state index < -0.39 is 0 Å². The van der Waals surface area contributed by atoms with E-state index in [2.05, 4.69) is 69.7 Å². The second-order valence-electron chi connectivity index (χ2n) is 7.34. The Morgan fingerprint density at radius 3 is 1.83 bits per heavy atom. The quantitative estimate of drug-likeness (QED) is 0.646. The average molecular weight is 413 g/mol. The summed E-state index contributed by atoms with van der Waals surface area (Å²) < 4.78 is 0. The molecular weight excluding hydrogens is 388 g/mol. The lowest BCUT2D eigenvalue weighted by molar-refractivity contribution is 0.377. The van der Waals surface area contributed by atoms with Crippen LogP contribution in [0.5, 0.6) is 0 Å².